The maximum atomic E-state index is 14.7. The Hall–Kier alpha value is -4.00. The number of aromatic nitrogens is 4. The highest BCUT2D eigenvalue weighted by Crippen LogP contribution is 2.30. The molecule has 1 atom stereocenters. The van der Waals surface area contributed by atoms with E-state index in [0.29, 0.717) is 10.1 Å². The molecule has 0 spiro atoms. The smallest absolute Gasteiger partial charge is 0.416 e. The van der Waals surface area contributed by atoms with Crippen molar-refractivity contribution in [2.45, 2.75) is 25.4 Å². The number of nitrogens with zero attached hydrogens (tertiary/aromatic N) is 3. The van der Waals surface area contributed by atoms with E-state index in [1.54, 1.807) is 30.3 Å². The van der Waals surface area contributed by atoms with Gasteiger partial charge in [0.05, 0.1) is 6.54 Å². The maximum Gasteiger partial charge on any atom is 0.416 e. The van der Waals surface area contributed by atoms with Crippen LogP contribution in [-0.2, 0) is 20.2 Å². The lowest BCUT2D eigenvalue weighted by atomic mass is 10.2. The quantitative estimate of drug-likeness (QED) is 0.400. The van der Waals surface area contributed by atoms with Crippen LogP contribution >= 0.6 is 0 Å². The van der Waals surface area contributed by atoms with Gasteiger partial charge in [0.2, 0.25) is 0 Å². The van der Waals surface area contributed by atoms with Crippen molar-refractivity contribution in [3.05, 3.63) is 80.5 Å². The Labute approximate surface area is 192 Å². The van der Waals surface area contributed by atoms with E-state index in [-0.39, 0.29) is 23.5 Å². The number of H-pyrrole nitrogens is 1. The molecular weight excluding hydrogens is 479 g/mol. The Kier molecular flexibility index (Phi) is 6.19. The van der Waals surface area contributed by atoms with Crippen molar-refractivity contribution in [1.82, 2.24) is 19.1 Å². The van der Waals surface area contributed by atoms with Gasteiger partial charge in [0, 0.05) is 12.6 Å². The van der Waals surface area contributed by atoms with Crippen LogP contribution in [-0.4, -0.2) is 36.5 Å². The van der Waals surface area contributed by atoms with Gasteiger partial charge in [0.15, 0.2) is 34.7 Å². The number of nitrogens with one attached hydrogen (secondary N) is 1. The fourth-order valence-electron chi connectivity index (χ4n) is 3.51. The molecule has 2 N–H and O–H groups in total. The number of ether oxygens (including phenoxy) is 1. The van der Waals surface area contributed by atoms with Crippen LogP contribution in [0.1, 0.15) is 5.56 Å². The summed E-state index contributed by atoms with van der Waals surface area (Å²) in [5.74, 6) is -3.03. The summed E-state index contributed by atoms with van der Waals surface area (Å²) in [6, 6.07) is 10.4. The zero-order valence-corrected chi connectivity index (χ0v) is 17.9. The summed E-state index contributed by atoms with van der Waals surface area (Å²) < 4.78 is 74.7. The zero-order chi connectivity index (χ0) is 25.5. The Morgan fingerprint density at radius 2 is 1.74 bits per heavy atom. The standard InChI is InChI=1S/C22H17F5N4O4/c1-30-16-19(31(21(34)29-20(16)33)9-15(32)22(25,26)27)28-18(30)12-7-13(23)17(14(24)8-12)35-10-11-5-3-2-4-6-11/h2-8,15,32H,9-10H2,1H3,(H,29,33,34). The molecule has 2 aromatic heterocycles. The van der Waals surface area contributed by atoms with Gasteiger partial charge in [-0.05, 0) is 17.7 Å². The molecule has 0 radical (unpaired) electrons. The molecule has 8 nitrogen and oxygen atoms in total. The molecule has 0 amide bonds. The first-order valence-electron chi connectivity index (χ1n) is 10.1. The van der Waals surface area contributed by atoms with Gasteiger partial charge in [-0.25, -0.2) is 18.6 Å². The summed E-state index contributed by atoms with van der Waals surface area (Å²) in [5.41, 5.74) is -2.54. The first-order chi connectivity index (χ1) is 16.5. The normalized spacial score (nSPS) is 12.8. The molecule has 1 unspecified atom stereocenters. The van der Waals surface area contributed by atoms with E-state index in [2.05, 4.69) is 4.98 Å². The molecule has 4 aromatic rings. The number of benzene rings is 2. The van der Waals surface area contributed by atoms with Crippen molar-refractivity contribution < 1.29 is 31.8 Å². The summed E-state index contributed by atoms with van der Waals surface area (Å²) >= 11 is 0. The lowest BCUT2D eigenvalue weighted by Gasteiger charge is -2.15. The predicted octanol–water partition coefficient (Wildman–Crippen LogP) is 2.87. The van der Waals surface area contributed by atoms with E-state index in [9.17, 15) is 36.6 Å². The predicted molar refractivity (Wildman–Crippen MR) is 114 cm³/mol. The molecule has 13 heteroatoms. The number of rotatable bonds is 6. The molecular formula is C22H17F5N4O4. The van der Waals surface area contributed by atoms with Gasteiger partial charge in [0.25, 0.3) is 5.56 Å². The van der Waals surface area contributed by atoms with Crippen molar-refractivity contribution >= 4 is 11.2 Å². The Bertz CT molecular complexity index is 1490. The third-order valence-corrected chi connectivity index (χ3v) is 5.23. The van der Waals surface area contributed by atoms with Gasteiger partial charge in [-0.1, -0.05) is 30.3 Å². The highest BCUT2D eigenvalue weighted by molar-refractivity contribution is 5.77. The van der Waals surface area contributed by atoms with Gasteiger partial charge in [-0.2, -0.15) is 13.2 Å². The van der Waals surface area contributed by atoms with Crippen LogP contribution in [0.2, 0.25) is 0 Å². The molecule has 2 heterocycles. The van der Waals surface area contributed by atoms with E-state index >= 15 is 0 Å². The molecule has 0 saturated carbocycles. The number of hydrogen-bond acceptors (Lipinski definition) is 5. The molecule has 0 saturated heterocycles. The number of aromatic amines is 1. The number of fused-ring (bicyclic) bond motifs is 1. The second-order valence-corrected chi connectivity index (χ2v) is 7.64. The van der Waals surface area contributed by atoms with Crippen molar-refractivity contribution in [2.24, 2.45) is 7.05 Å². The third-order valence-electron chi connectivity index (χ3n) is 5.23. The van der Waals surface area contributed by atoms with Crippen LogP contribution in [0.4, 0.5) is 22.0 Å². The maximum absolute atomic E-state index is 14.7. The lowest BCUT2D eigenvalue weighted by molar-refractivity contribution is -0.207. The van der Waals surface area contributed by atoms with Crippen LogP contribution in [0, 0.1) is 11.6 Å². The molecule has 184 valence electrons. The molecule has 0 aliphatic carbocycles. The number of alkyl halides is 3. The summed E-state index contributed by atoms with van der Waals surface area (Å²) in [6.45, 7) is -1.36. The fraction of sp³-hybridized carbons (Fsp3) is 0.227. The average Bonchev–Trinajstić information content (AvgIpc) is 3.13. The monoisotopic (exact) mass is 496 g/mol. The van der Waals surface area contributed by atoms with Gasteiger partial charge in [-0.3, -0.25) is 14.3 Å². The Morgan fingerprint density at radius 3 is 2.34 bits per heavy atom. The SMILES string of the molecule is Cn1c(-c2cc(F)c(OCc3ccccc3)c(F)c2)nc2c1c(=O)[nH]c(=O)n2CC(O)C(F)(F)F. The van der Waals surface area contributed by atoms with E-state index in [0.717, 1.165) is 16.7 Å². The van der Waals surface area contributed by atoms with E-state index < -0.39 is 53.1 Å². The number of imidazole rings is 1. The zero-order valence-electron chi connectivity index (χ0n) is 17.9. The first kappa shape index (κ1) is 24.1. The fourth-order valence-corrected chi connectivity index (χ4v) is 3.51. The lowest BCUT2D eigenvalue weighted by Crippen LogP contribution is -2.39. The largest absolute Gasteiger partial charge is 0.483 e. The molecule has 35 heavy (non-hydrogen) atoms. The molecule has 0 aliphatic heterocycles. The van der Waals surface area contributed by atoms with Crippen molar-refractivity contribution in [3.8, 4) is 17.1 Å². The highest BCUT2D eigenvalue weighted by atomic mass is 19.4. The summed E-state index contributed by atoms with van der Waals surface area (Å²) in [6.07, 6.45) is -7.96. The molecule has 0 bridgehead atoms. The number of aryl methyl sites for hydroxylation is 1. The van der Waals surface area contributed by atoms with Crippen LogP contribution in [0.3, 0.4) is 0 Å². The average molecular weight is 496 g/mol. The van der Waals surface area contributed by atoms with Crippen molar-refractivity contribution in [1.29, 1.82) is 0 Å². The van der Waals surface area contributed by atoms with Gasteiger partial charge >= 0.3 is 11.9 Å². The second-order valence-electron chi connectivity index (χ2n) is 7.64. The minimum atomic E-state index is -5.04. The van der Waals surface area contributed by atoms with Crippen molar-refractivity contribution in [2.75, 3.05) is 0 Å². The van der Waals surface area contributed by atoms with E-state index in [1.807, 2.05) is 4.98 Å². The molecule has 0 aliphatic rings. The minimum Gasteiger partial charge on any atom is -0.483 e. The van der Waals surface area contributed by atoms with Crippen LogP contribution in [0.15, 0.2) is 52.1 Å². The second kappa shape index (κ2) is 8.98. The molecule has 0 fully saturated rings. The van der Waals surface area contributed by atoms with Gasteiger partial charge in [-0.15, -0.1) is 0 Å². The van der Waals surface area contributed by atoms with Crippen LogP contribution in [0.5, 0.6) is 5.75 Å². The number of hydrogen-bond donors (Lipinski definition) is 2. The third kappa shape index (κ3) is 4.67. The number of aliphatic hydroxyl groups is 1. The highest BCUT2D eigenvalue weighted by Gasteiger charge is 2.39. The Balaban J connectivity index is 1.77. The number of halogens is 5. The first-order valence-corrected chi connectivity index (χ1v) is 10.1. The minimum absolute atomic E-state index is 0.108. The topological polar surface area (TPSA) is 102 Å². The summed E-state index contributed by atoms with van der Waals surface area (Å²) in [7, 11) is 1.28. The summed E-state index contributed by atoms with van der Waals surface area (Å²) in [4.78, 5) is 30.3. The van der Waals surface area contributed by atoms with E-state index in [4.69, 9.17) is 4.74 Å². The molecule has 4 rings (SSSR count). The van der Waals surface area contributed by atoms with E-state index in [1.165, 1.54) is 7.05 Å². The van der Waals surface area contributed by atoms with Gasteiger partial charge in [0.1, 0.15) is 12.4 Å². The Morgan fingerprint density at radius 1 is 1.11 bits per heavy atom. The van der Waals surface area contributed by atoms with Crippen LogP contribution in [0.25, 0.3) is 22.6 Å². The van der Waals surface area contributed by atoms with Gasteiger partial charge < -0.3 is 14.4 Å². The summed E-state index contributed by atoms with van der Waals surface area (Å²) in [5, 5.41) is 9.40. The molecule has 2 aromatic carbocycles. The number of aliphatic hydroxyl groups excluding tert-OH is 1. The van der Waals surface area contributed by atoms with Crippen molar-refractivity contribution in [3.63, 3.8) is 0 Å². The van der Waals surface area contributed by atoms with Crippen LogP contribution < -0.4 is 16.0 Å².